The van der Waals surface area contributed by atoms with Crippen LogP contribution >= 0.6 is 7.82 Å². The molecule has 10 heteroatoms. The van der Waals surface area contributed by atoms with Crippen LogP contribution in [0.15, 0.2) is 72.9 Å². The summed E-state index contributed by atoms with van der Waals surface area (Å²) in [6.07, 6.45) is 75.6. The van der Waals surface area contributed by atoms with Crippen LogP contribution in [0.5, 0.6) is 0 Å². The van der Waals surface area contributed by atoms with Gasteiger partial charge in [0.1, 0.15) is 19.8 Å². The van der Waals surface area contributed by atoms with E-state index in [2.05, 4.69) is 86.8 Å². The summed E-state index contributed by atoms with van der Waals surface area (Å²) < 4.78 is 34.6. The number of carbonyl (C=O) groups excluding carboxylic acids is 2. The molecule has 0 aliphatic heterocycles. The number of rotatable bonds is 58. The molecule has 0 aromatic carbocycles. The summed E-state index contributed by atoms with van der Waals surface area (Å²) in [6, 6.07) is 0. The van der Waals surface area contributed by atoms with Crippen molar-refractivity contribution in [2.24, 2.45) is 0 Å². The lowest BCUT2D eigenvalue weighted by Crippen LogP contribution is -2.37. The van der Waals surface area contributed by atoms with Crippen molar-refractivity contribution >= 4 is 19.8 Å². The monoisotopic (exact) mass is 1090 g/mol. The van der Waals surface area contributed by atoms with Crippen molar-refractivity contribution in [1.82, 2.24) is 0 Å². The van der Waals surface area contributed by atoms with Gasteiger partial charge in [0.15, 0.2) is 6.10 Å². The van der Waals surface area contributed by atoms with Gasteiger partial charge >= 0.3 is 19.8 Å². The summed E-state index contributed by atoms with van der Waals surface area (Å²) in [5.41, 5.74) is 0. The molecule has 0 aliphatic rings. The molecule has 442 valence electrons. The van der Waals surface area contributed by atoms with Crippen LogP contribution in [0.2, 0.25) is 0 Å². The van der Waals surface area contributed by atoms with E-state index >= 15 is 0 Å². The number of likely N-dealkylation sites (N-methyl/N-ethyl adjacent to an activating group) is 1. The van der Waals surface area contributed by atoms with E-state index in [-0.39, 0.29) is 32.0 Å². The van der Waals surface area contributed by atoms with Gasteiger partial charge in [0.25, 0.3) is 0 Å². The third kappa shape index (κ3) is 60.7. The van der Waals surface area contributed by atoms with Crippen molar-refractivity contribution in [3.63, 3.8) is 0 Å². The highest BCUT2D eigenvalue weighted by Gasteiger charge is 2.27. The molecule has 1 N–H and O–H groups in total. The fourth-order valence-electron chi connectivity index (χ4n) is 8.80. The van der Waals surface area contributed by atoms with Crippen molar-refractivity contribution in [2.75, 3.05) is 47.5 Å². The Morgan fingerprint density at radius 1 is 0.408 bits per heavy atom. The number of allylic oxidation sites excluding steroid dienone is 12. The number of carbonyl (C=O) groups is 2. The Morgan fingerprint density at radius 3 is 1.08 bits per heavy atom. The zero-order valence-electron chi connectivity index (χ0n) is 50.2. The Kier molecular flexibility index (Phi) is 55.2. The minimum atomic E-state index is -4.39. The lowest BCUT2D eigenvalue weighted by molar-refractivity contribution is -0.870. The van der Waals surface area contributed by atoms with E-state index in [4.69, 9.17) is 18.5 Å². The second-order valence-electron chi connectivity index (χ2n) is 22.4. The van der Waals surface area contributed by atoms with E-state index < -0.39 is 26.5 Å². The van der Waals surface area contributed by atoms with E-state index in [0.717, 1.165) is 70.6 Å². The summed E-state index contributed by atoms with van der Waals surface area (Å²) in [5.74, 6) is -0.805. The molecule has 0 aromatic heterocycles. The summed E-state index contributed by atoms with van der Waals surface area (Å²) in [7, 11) is 1.47. The van der Waals surface area contributed by atoms with Crippen LogP contribution in [0.4, 0.5) is 0 Å². The smallest absolute Gasteiger partial charge is 0.462 e. The lowest BCUT2D eigenvalue weighted by Gasteiger charge is -2.24. The number of nitrogens with zero attached hydrogens (tertiary/aromatic N) is 1. The zero-order valence-corrected chi connectivity index (χ0v) is 51.1. The largest absolute Gasteiger partial charge is 0.472 e. The van der Waals surface area contributed by atoms with Gasteiger partial charge in [0, 0.05) is 12.8 Å². The molecule has 2 atom stereocenters. The minimum absolute atomic E-state index is 0.0279. The number of esters is 2. The lowest BCUT2D eigenvalue weighted by atomic mass is 10.0. The molecule has 0 rings (SSSR count). The second-order valence-corrected chi connectivity index (χ2v) is 23.9. The number of hydrogen-bond donors (Lipinski definition) is 1. The maximum Gasteiger partial charge on any atom is 0.472 e. The van der Waals surface area contributed by atoms with Crippen molar-refractivity contribution in [2.45, 2.75) is 290 Å². The molecule has 0 bridgehead atoms. The number of quaternary nitrogens is 1. The molecule has 0 aromatic rings. The van der Waals surface area contributed by atoms with Crippen LogP contribution in [0.3, 0.4) is 0 Å². The van der Waals surface area contributed by atoms with Gasteiger partial charge in [0.2, 0.25) is 0 Å². The molecule has 76 heavy (non-hydrogen) atoms. The minimum Gasteiger partial charge on any atom is -0.462 e. The predicted octanol–water partition coefficient (Wildman–Crippen LogP) is 20.0. The highest BCUT2D eigenvalue weighted by molar-refractivity contribution is 7.47. The maximum atomic E-state index is 12.8. The molecule has 0 heterocycles. The molecular formula is C66H121NO8P+. The van der Waals surface area contributed by atoms with Gasteiger partial charge in [-0.1, -0.05) is 254 Å². The number of hydrogen-bond acceptors (Lipinski definition) is 7. The molecule has 0 saturated heterocycles. The van der Waals surface area contributed by atoms with Crippen molar-refractivity contribution in [3.8, 4) is 0 Å². The van der Waals surface area contributed by atoms with E-state index in [1.54, 1.807) is 0 Å². The Bertz CT molecular complexity index is 1510. The Balaban J connectivity index is 4.07. The van der Waals surface area contributed by atoms with Gasteiger partial charge in [-0.25, -0.2) is 4.57 Å². The predicted molar refractivity (Wildman–Crippen MR) is 326 cm³/mol. The first-order valence-corrected chi connectivity index (χ1v) is 33.2. The normalized spacial score (nSPS) is 13.7. The van der Waals surface area contributed by atoms with Gasteiger partial charge in [0.05, 0.1) is 27.7 Å². The Hall–Kier alpha value is -2.55. The van der Waals surface area contributed by atoms with Gasteiger partial charge in [-0.3, -0.25) is 18.6 Å². The van der Waals surface area contributed by atoms with Crippen LogP contribution in [-0.2, 0) is 32.7 Å². The van der Waals surface area contributed by atoms with Gasteiger partial charge in [-0.15, -0.1) is 0 Å². The number of phosphoric ester groups is 1. The van der Waals surface area contributed by atoms with Crippen LogP contribution < -0.4 is 0 Å². The summed E-state index contributed by atoms with van der Waals surface area (Å²) in [4.78, 5) is 35.7. The van der Waals surface area contributed by atoms with Crippen LogP contribution in [0, 0.1) is 0 Å². The third-order valence-corrected chi connectivity index (χ3v) is 14.7. The molecule has 0 saturated carbocycles. The Labute approximate surface area is 469 Å². The molecule has 0 radical (unpaired) electrons. The van der Waals surface area contributed by atoms with Crippen LogP contribution in [-0.4, -0.2) is 74.9 Å². The first kappa shape index (κ1) is 73.5. The first-order valence-electron chi connectivity index (χ1n) is 31.7. The standard InChI is InChI=1S/C66H120NO8P/c1-6-8-10-12-14-16-18-20-22-24-26-27-28-29-30-31-32-33-34-35-36-37-38-39-41-43-45-47-49-51-53-55-57-59-66(69)75-64(63-74-76(70,71)73-61-60-67(3,4)5)62-72-65(68)58-56-54-52-50-48-46-44-42-40-25-23-21-19-17-15-13-11-9-7-2/h15,17-18,20-21,23-24,26,28-29,40,42,64H,6-14,16,19,22,25,27,30-39,41,43-63H2,1-5H3/p+1/b17-15-,20-18-,23-21-,26-24-,29-28-,42-40-. The summed E-state index contributed by atoms with van der Waals surface area (Å²) in [6.45, 7) is 4.40. The first-order chi connectivity index (χ1) is 37.0. The van der Waals surface area contributed by atoms with E-state index in [1.807, 2.05) is 21.1 Å². The molecule has 0 spiro atoms. The Morgan fingerprint density at radius 2 is 0.711 bits per heavy atom. The highest BCUT2D eigenvalue weighted by atomic mass is 31.2. The van der Waals surface area contributed by atoms with Crippen molar-refractivity contribution < 1.29 is 42.1 Å². The summed E-state index contributed by atoms with van der Waals surface area (Å²) in [5, 5.41) is 0. The number of unbranched alkanes of at least 4 members (excludes halogenated alkanes) is 32. The third-order valence-electron chi connectivity index (χ3n) is 13.7. The average molecular weight is 1090 g/mol. The fraction of sp³-hybridized carbons (Fsp3) is 0.788. The second kappa shape index (κ2) is 57.1. The van der Waals surface area contributed by atoms with E-state index in [9.17, 15) is 19.0 Å². The van der Waals surface area contributed by atoms with Crippen LogP contribution in [0.25, 0.3) is 0 Å². The van der Waals surface area contributed by atoms with Crippen molar-refractivity contribution in [1.29, 1.82) is 0 Å². The quantitative estimate of drug-likeness (QED) is 0.0211. The average Bonchev–Trinajstić information content (AvgIpc) is 3.38. The SMILES string of the molecule is CCCCC/C=C\C/C=C\C/C=C\CCCCCCCCC(=O)OCC(COP(=O)(O)OCC[N+](C)(C)C)OC(=O)CCCCCCCCCCCCCCCCCCCC/C=C\C/C=C\C/C=C\CCCCCCC. The number of ether oxygens (including phenoxy) is 2. The zero-order chi connectivity index (χ0) is 55.6. The summed E-state index contributed by atoms with van der Waals surface area (Å²) >= 11 is 0. The van der Waals surface area contributed by atoms with Crippen molar-refractivity contribution in [3.05, 3.63) is 72.9 Å². The number of phosphoric acid groups is 1. The molecule has 2 unspecified atom stereocenters. The topological polar surface area (TPSA) is 108 Å². The fourth-order valence-corrected chi connectivity index (χ4v) is 9.54. The molecular weight excluding hydrogens is 966 g/mol. The van der Waals surface area contributed by atoms with E-state index in [1.165, 1.54) is 180 Å². The highest BCUT2D eigenvalue weighted by Crippen LogP contribution is 2.43. The van der Waals surface area contributed by atoms with E-state index in [0.29, 0.717) is 17.4 Å². The maximum absolute atomic E-state index is 12.8. The van der Waals surface area contributed by atoms with Gasteiger partial charge in [-0.05, 0) is 89.9 Å². The molecule has 0 amide bonds. The molecule has 0 fully saturated rings. The van der Waals surface area contributed by atoms with Gasteiger partial charge < -0.3 is 18.9 Å². The van der Waals surface area contributed by atoms with Crippen LogP contribution in [0.1, 0.15) is 284 Å². The van der Waals surface area contributed by atoms with Gasteiger partial charge in [-0.2, -0.15) is 0 Å². The molecule has 9 nitrogen and oxygen atoms in total. The molecule has 0 aliphatic carbocycles.